The second-order valence-electron chi connectivity index (χ2n) is 1.80. The van der Waals surface area contributed by atoms with E-state index in [9.17, 15) is 17.6 Å². The third-order valence-electron chi connectivity index (χ3n) is 1.07. The lowest BCUT2D eigenvalue weighted by molar-refractivity contribution is 0.399. The monoisotopic (exact) mass is 297 g/mol. The average Bonchev–Trinajstić information content (AvgIpc) is 1.97. The van der Waals surface area contributed by atoms with Gasteiger partial charge in [0, 0.05) is 0 Å². The van der Waals surface area contributed by atoms with Gasteiger partial charge in [-0.2, -0.15) is 0 Å². The van der Waals surface area contributed by atoms with Crippen LogP contribution in [-0.4, -0.2) is 0 Å². The van der Waals surface area contributed by atoms with E-state index in [0.717, 1.165) is 0 Å². The Hall–Kier alpha value is -0.830. The first-order valence-electron chi connectivity index (χ1n) is 2.54. The molecule has 1 aromatic carbocycles. The molecule has 0 spiro atoms. The summed E-state index contributed by atoms with van der Waals surface area (Å²) in [6.45, 7) is 0. The molecular formula is C6H6ClF8S. The van der Waals surface area contributed by atoms with Gasteiger partial charge < -0.3 is 0 Å². The van der Waals surface area contributed by atoms with Gasteiger partial charge in [0.25, 0.3) is 0 Å². The molecule has 0 amide bonds. The highest BCUT2D eigenvalue weighted by Gasteiger charge is 2.16. The highest BCUT2D eigenvalue weighted by molar-refractivity contribution is 7.80. The van der Waals surface area contributed by atoms with Crippen molar-refractivity contribution in [1.82, 2.24) is 0 Å². The van der Waals surface area contributed by atoms with Crippen LogP contribution in [0.2, 0.25) is 0 Å². The second-order valence-corrected chi connectivity index (χ2v) is 2.24. The van der Waals surface area contributed by atoms with Crippen LogP contribution in [0.4, 0.5) is 36.4 Å². The average molecular weight is 298 g/mol. The lowest BCUT2D eigenvalue weighted by Crippen LogP contribution is -1.95. The predicted octanol–water partition coefficient (Wildman–Crippen LogP) is 3.83. The molecule has 0 aliphatic rings. The van der Waals surface area contributed by atoms with Gasteiger partial charge in [0.1, 0.15) is 0 Å². The minimum absolute atomic E-state index is 0. The second kappa shape index (κ2) is 10.7. The fourth-order valence-corrected chi connectivity index (χ4v) is 0.744. The first-order chi connectivity index (χ1) is 5.04. The van der Waals surface area contributed by atoms with Gasteiger partial charge in [-0.25, -0.2) is 17.6 Å². The van der Waals surface area contributed by atoms with Gasteiger partial charge >= 0.3 is 0 Å². The van der Waals surface area contributed by atoms with Gasteiger partial charge in [-0.15, -0.1) is 12.4 Å². The molecule has 1 rings (SSSR count). The van der Waals surface area contributed by atoms with Crippen LogP contribution in [0.25, 0.3) is 0 Å². The number of halogens is 9. The van der Waals surface area contributed by atoms with Crippen LogP contribution < -0.4 is 0 Å². The Labute approximate surface area is 96.3 Å². The maximum Gasteiger partial charge on any atom is 0.198 e. The predicted molar refractivity (Wildman–Crippen MR) is 49.4 cm³/mol. The van der Waals surface area contributed by atoms with Crippen molar-refractivity contribution in [1.29, 1.82) is 0 Å². The van der Waals surface area contributed by atoms with Crippen molar-refractivity contribution >= 4 is 25.0 Å². The van der Waals surface area contributed by atoms with Crippen molar-refractivity contribution in [2.75, 3.05) is 0 Å². The lowest BCUT2D eigenvalue weighted by atomic mass is 10.3. The molecule has 0 aliphatic heterocycles. The van der Waals surface area contributed by atoms with E-state index in [1.54, 1.807) is 0 Å². The molecule has 0 saturated carbocycles. The zero-order chi connectivity index (χ0) is 8.59. The van der Waals surface area contributed by atoms with E-state index in [2.05, 4.69) is 12.6 Å². The number of rotatable bonds is 0. The molecule has 0 atom stereocenters. The van der Waals surface area contributed by atoms with Crippen LogP contribution in [0.15, 0.2) is 11.0 Å². The summed E-state index contributed by atoms with van der Waals surface area (Å²) in [5.41, 5.74) is 0. The smallest absolute Gasteiger partial charge is 0.198 e. The van der Waals surface area contributed by atoms with Crippen LogP contribution in [0.5, 0.6) is 0 Å². The van der Waals surface area contributed by atoms with E-state index >= 15 is 0 Å². The van der Waals surface area contributed by atoms with Gasteiger partial charge in [0.2, 0.25) is 0 Å². The summed E-state index contributed by atoms with van der Waals surface area (Å²) < 4.78 is 48.8. The minimum Gasteiger partial charge on any atom is -0.269 e. The van der Waals surface area contributed by atoms with E-state index < -0.39 is 28.2 Å². The Bertz CT molecular complexity index is 281. The molecule has 0 unspecified atom stereocenters. The quantitative estimate of drug-likeness (QED) is 0.388. The summed E-state index contributed by atoms with van der Waals surface area (Å²) in [7, 11) is 0. The maximum absolute atomic E-state index is 12.3. The van der Waals surface area contributed by atoms with E-state index in [-0.39, 0.29) is 31.2 Å². The number of hydrogen-bond acceptors (Lipinski definition) is 0. The van der Waals surface area contributed by atoms with Gasteiger partial charge in [0.15, 0.2) is 23.3 Å². The minimum atomic E-state index is -1.87. The Morgan fingerprint density at radius 1 is 0.750 bits per heavy atom. The Balaban J connectivity index is -0.0000000807. The van der Waals surface area contributed by atoms with Crippen molar-refractivity contribution in [3.63, 3.8) is 0 Å². The molecule has 0 bridgehead atoms. The van der Waals surface area contributed by atoms with Crippen molar-refractivity contribution in [3.8, 4) is 0 Å². The Morgan fingerprint density at radius 2 is 1.12 bits per heavy atom. The molecule has 10 heteroatoms. The van der Waals surface area contributed by atoms with Crippen molar-refractivity contribution in [2.45, 2.75) is 4.90 Å². The summed E-state index contributed by atoms with van der Waals surface area (Å²) in [5, 5.41) is 0. The third kappa shape index (κ3) is 5.31. The van der Waals surface area contributed by atoms with Gasteiger partial charge in [-0.3, -0.25) is 18.8 Å². The van der Waals surface area contributed by atoms with Crippen LogP contribution in [-0.2, 0) is 0 Å². The van der Waals surface area contributed by atoms with Crippen LogP contribution in [0.3, 0.4) is 0 Å². The fourth-order valence-electron chi connectivity index (χ4n) is 0.551. The lowest BCUT2D eigenvalue weighted by Gasteiger charge is -1.97. The molecule has 0 aliphatic carbocycles. The van der Waals surface area contributed by atoms with E-state index in [1.165, 1.54) is 0 Å². The topological polar surface area (TPSA) is 0 Å². The molecule has 0 saturated heterocycles. The van der Waals surface area contributed by atoms with E-state index in [1.807, 2.05) is 0 Å². The van der Waals surface area contributed by atoms with Crippen molar-refractivity contribution < 1.29 is 36.4 Å². The van der Waals surface area contributed by atoms with Crippen molar-refractivity contribution in [2.24, 2.45) is 0 Å². The summed E-state index contributed by atoms with van der Waals surface area (Å²) in [6.07, 6.45) is 0. The van der Waals surface area contributed by atoms with Gasteiger partial charge in [-0.05, 0) is 6.07 Å². The molecule has 0 fully saturated rings. The van der Waals surface area contributed by atoms with Gasteiger partial charge in [-0.1, -0.05) is 12.6 Å². The third-order valence-corrected chi connectivity index (χ3v) is 1.37. The molecule has 1 aromatic rings. The van der Waals surface area contributed by atoms with Crippen LogP contribution in [0, 0.1) is 23.3 Å². The van der Waals surface area contributed by atoms with Crippen LogP contribution >= 0.6 is 25.0 Å². The molecular weight excluding hydrogens is 292 g/mol. The molecule has 0 aromatic heterocycles. The van der Waals surface area contributed by atoms with E-state index in [0.29, 0.717) is 6.07 Å². The van der Waals surface area contributed by atoms with E-state index in [4.69, 9.17) is 0 Å². The fraction of sp³-hybridized carbons (Fsp3) is 0. The normalized spacial score (nSPS) is 7.00. The molecule has 0 heterocycles. The summed E-state index contributed by atoms with van der Waals surface area (Å²) in [5.74, 6) is -6.71. The molecule has 1 radical (unpaired) electrons. The van der Waals surface area contributed by atoms with Crippen molar-refractivity contribution in [3.05, 3.63) is 29.3 Å². The SMILES string of the molecule is Cl.F.F.F.F.Fc1cc([S])c(F)c(F)c1F. The van der Waals surface area contributed by atoms with Crippen LogP contribution in [0.1, 0.15) is 0 Å². The summed E-state index contributed by atoms with van der Waals surface area (Å²) in [6, 6.07) is 0.420. The zero-order valence-corrected chi connectivity index (χ0v) is 8.67. The highest BCUT2D eigenvalue weighted by atomic mass is 35.5. The number of benzene rings is 1. The standard InChI is InChI=1S/C6HF4S.ClH.4FH/c7-2-1-3(11)5(9)6(10)4(2)8;;;;;/h1H;5*1H. The summed E-state index contributed by atoms with van der Waals surface area (Å²) >= 11 is 4.17. The molecule has 0 nitrogen and oxygen atoms in total. The summed E-state index contributed by atoms with van der Waals surface area (Å²) in [4.78, 5) is -0.665. The Morgan fingerprint density at radius 3 is 1.50 bits per heavy atom. The molecule has 0 N–H and O–H groups in total. The molecule has 99 valence electrons. The molecule has 16 heavy (non-hydrogen) atoms. The highest BCUT2D eigenvalue weighted by Crippen LogP contribution is 2.20. The maximum atomic E-state index is 12.3. The first-order valence-corrected chi connectivity index (χ1v) is 2.95. The van der Waals surface area contributed by atoms with Gasteiger partial charge in [0.05, 0.1) is 4.90 Å². The first kappa shape index (κ1) is 29.4. The number of hydrogen-bond donors (Lipinski definition) is 0. The largest absolute Gasteiger partial charge is 0.269 e. The zero-order valence-electron chi connectivity index (χ0n) is 7.04. The Kier molecular flexibility index (Phi) is 19.7.